The van der Waals surface area contributed by atoms with E-state index in [0.29, 0.717) is 6.61 Å². The van der Waals surface area contributed by atoms with Gasteiger partial charge in [-0.2, -0.15) is 0 Å². The van der Waals surface area contributed by atoms with E-state index in [1.807, 2.05) is 0 Å². The smallest absolute Gasteiger partial charge is 0.124 e. The molecule has 0 unspecified atom stereocenters. The highest BCUT2D eigenvalue weighted by Crippen LogP contribution is 2.29. The Labute approximate surface area is 129 Å². The standard InChI is InChI=1S/C16H21FN2OS/c1-16(2,3)18-9-14-13(10-20-4)19-15(21-14)11-5-7-12(17)8-6-11/h5-8,18H,9-10H2,1-4H3. The zero-order valence-electron chi connectivity index (χ0n) is 12.9. The number of benzene rings is 1. The Morgan fingerprint density at radius 1 is 1.24 bits per heavy atom. The fourth-order valence-electron chi connectivity index (χ4n) is 1.83. The van der Waals surface area contributed by atoms with Crippen molar-refractivity contribution in [2.45, 2.75) is 39.5 Å². The third-order valence-electron chi connectivity index (χ3n) is 2.93. The highest BCUT2D eigenvalue weighted by molar-refractivity contribution is 7.15. The summed E-state index contributed by atoms with van der Waals surface area (Å²) in [6.07, 6.45) is 0. The maximum Gasteiger partial charge on any atom is 0.124 e. The molecule has 21 heavy (non-hydrogen) atoms. The number of nitrogens with zero attached hydrogens (tertiary/aromatic N) is 1. The molecular formula is C16H21FN2OS. The van der Waals surface area contributed by atoms with Crippen LogP contribution in [0.2, 0.25) is 0 Å². The van der Waals surface area contributed by atoms with Crippen molar-refractivity contribution in [3.8, 4) is 10.6 Å². The summed E-state index contributed by atoms with van der Waals surface area (Å²) in [6.45, 7) is 7.63. The topological polar surface area (TPSA) is 34.1 Å². The van der Waals surface area contributed by atoms with Crippen LogP contribution in [-0.4, -0.2) is 17.6 Å². The molecule has 0 aliphatic heterocycles. The van der Waals surface area contributed by atoms with E-state index in [1.165, 1.54) is 12.1 Å². The SMILES string of the molecule is COCc1nc(-c2ccc(F)cc2)sc1CNC(C)(C)C. The molecule has 1 aromatic carbocycles. The molecule has 3 nitrogen and oxygen atoms in total. The zero-order valence-corrected chi connectivity index (χ0v) is 13.7. The van der Waals surface area contributed by atoms with Gasteiger partial charge in [-0.3, -0.25) is 0 Å². The first-order valence-corrected chi connectivity index (χ1v) is 7.69. The fraction of sp³-hybridized carbons (Fsp3) is 0.438. The van der Waals surface area contributed by atoms with E-state index >= 15 is 0 Å². The summed E-state index contributed by atoms with van der Waals surface area (Å²) in [5, 5.41) is 4.36. The highest BCUT2D eigenvalue weighted by atomic mass is 32.1. The summed E-state index contributed by atoms with van der Waals surface area (Å²) in [5.74, 6) is -0.234. The molecule has 0 saturated heterocycles. The van der Waals surface area contributed by atoms with Gasteiger partial charge in [0.2, 0.25) is 0 Å². The number of aromatic nitrogens is 1. The Hall–Kier alpha value is -1.30. The maximum atomic E-state index is 13.0. The van der Waals surface area contributed by atoms with Gasteiger partial charge in [0.05, 0.1) is 12.3 Å². The second-order valence-corrected chi connectivity index (χ2v) is 7.02. The van der Waals surface area contributed by atoms with Crippen molar-refractivity contribution in [3.05, 3.63) is 40.7 Å². The predicted octanol–water partition coefficient (Wildman–Crippen LogP) is 3.98. The van der Waals surface area contributed by atoms with E-state index in [0.717, 1.165) is 27.7 Å². The Bertz CT molecular complexity index is 587. The Morgan fingerprint density at radius 3 is 2.48 bits per heavy atom. The largest absolute Gasteiger partial charge is 0.378 e. The number of ether oxygens (including phenoxy) is 1. The number of hydrogen-bond donors (Lipinski definition) is 1. The molecule has 1 aromatic heterocycles. The van der Waals surface area contributed by atoms with Gasteiger partial charge in [-0.05, 0) is 45.0 Å². The van der Waals surface area contributed by atoms with Crippen molar-refractivity contribution in [2.24, 2.45) is 0 Å². The third-order valence-corrected chi connectivity index (χ3v) is 4.08. The van der Waals surface area contributed by atoms with Crippen LogP contribution in [0.1, 0.15) is 31.3 Å². The van der Waals surface area contributed by atoms with E-state index in [1.54, 1.807) is 30.6 Å². The molecule has 1 N–H and O–H groups in total. The zero-order chi connectivity index (χ0) is 15.5. The monoisotopic (exact) mass is 308 g/mol. The van der Waals surface area contributed by atoms with Crippen LogP contribution < -0.4 is 5.32 Å². The van der Waals surface area contributed by atoms with Gasteiger partial charge in [0.15, 0.2) is 0 Å². The summed E-state index contributed by atoms with van der Waals surface area (Å²) in [6, 6.07) is 6.43. The van der Waals surface area contributed by atoms with Crippen LogP contribution in [0.15, 0.2) is 24.3 Å². The normalized spacial score (nSPS) is 11.9. The molecule has 0 aliphatic rings. The summed E-state index contributed by atoms with van der Waals surface area (Å²) in [5.41, 5.74) is 1.92. The molecule has 2 aromatic rings. The van der Waals surface area contributed by atoms with E-state index in [9.17, 15) is 4.39 Å². The van der Waals surface area contributed by atoms with E-state index < -0.39 is 0 Å². The molecule has 0 bridgehead atoms. The van der Waals surface area contributed by atoms with Gasteiger partial charge >= 0.3 is 0 Å². The van der Waals surface area contributed by atoms with Crippen LogP contribution in [0, 0.1) is 5.82 Å². The lowest BCUT2D eigenvalue weighted by atomic mass is 10.1. The van der Waals surface area contributed by atoms with Crippen LogP contribution in [0.5, 0.6) is 0 Å². The summed E-state index contributed by atoms with van der Waals surface area (Å²) in [7, 11) is 1.66. The average molecular weight is 308 g/mol. The van der Waals surface area contributed by atoms with Crippen molar-refractivity contribution >= 4 is 11.3 Å². The maximum absolute atomic E-state index is 13.0. The third kappa shape index (κ3) is 4.59. The number of methoxy groups -OCH3 is 1. The lowest BCUT2D eigenvalue weighted by molar-refractivity contribution is 0.181. The molecule has 0 spiro atoms. The Morgan fingerprint density at radius 2 is 1.90 bits per heavy atom. The molecule has 2 rings (SSSR count). The number of rotatable bonds is 5. The molecule has 5 heteroatoms. The second-order valence-electron chi connectivity index (χ2n) is 5.93. The van der Waals surface area contributed by atoms with Gasteiger partial charge in [0.25, 0.3) is 0 Å². The Kier molecular flexibility index (Phi) is 5.08. The molecule has 1 heterocycles. The van der Waals surface area contributed by atoms with Gasteiger partial charge in [0, 0.05) is 29.6 Å². The summed E-state index contributed by atoms with van der Waals surface area (Å²) >= 11 is 1.62. The lowest BCUT2D eigenvalue weighted by Crippen LogP contribution is -2.35. The first-order chi connectivity index (χ1) is 9.89. The van der Waals surface area contributed by atoms with Gasteiger partial charge in [-0.15, -0.1) is 11.3 Å². The fourth-order valence-corrected chi connectivity index (χ4v) is 2.84. The molecule has 0 fully saturated rings. The van der Waals surface area contributed by atoms with Gasteiger partial charge in [-0.25, -0.2) is 9.37 Å². The first kappa shape index (κ1) is 16.1. The number of thiazole rings is 1. The van der Waals surface area contributed by atoms with Crippen LogP contribution in [0.25, 0.3) is 10.6 Å². The van der Waals surface area contributed by atoms with Crippen molar-refractivity contribution in [1.29, 1.82) is 0 Å². The minimum absolute atomic E-state index is 0.0460. The second kappa shape index (κ2) is 6.64. The van der Waals surface area contributed by atoms with Crippen LogP contribution in [0.4, 0.5) is 4.39 Å². The molecule has 0 saturated carbocycles. The van der Waals surface area contributed by atoms with Crippen molar-refractivity contribution < 1.29 is 9.13 Å². The van der Waals surface area contributed by atoms with Crippen molar-refractivity contribution in [3.63, 3.8) is 0 Å². The minimum atomic E-state index is -0.234. The van der Waals surface area contributed by atoms with E-state index in [2.05, 4.69) is 31.1 Å². The number of hydrogen-bond acceptors (Lipinski definition) is 4. The Balaban J connectivity index is 2.25. The quantitative estimate of drug-likeness (QED) is 0.907. The molecular weight excluding hydrogens is 287 g/mol. The number of nitrogens with one attached hydrogen (secondary N) is 1. The van der Waals surface area contributed by atoms with Gasteiger partial charge < -0.3 is 10.1 Å². The van der Waals surface area contributed by atoms with E-state index in [-0.39, 0.29) is 11.4 Å². The highest BCUT2D eigenvalue weighted by Gasteiger charge is 2.15. The van der Waals surface area contributed by atoms with Crippen molar-refractivity contribution in [1.82, 2.24) is 10.3 Å². The molecule has 0 aliphatic carbocycles. The molecule has 0 atom stereocenters. The van der Waals surface area contributed by atoms with Crippen LogP contribution in [0.3, 0.4) is 0 Å². The molecule has 0 amide bonds. The average Bonchev–Trinajstić information content (AvgIpc) is 2.80. The van der Waals surface area contributed by atoms with Crippen LogP contribution in [-0.2, 0) is 17.9 Å². The van der Waals surface area contributed by atoms with Crippen LogP contribution >= 0.6 is 11.3 Å². The minimum Gasteiger partial charge on any atom is -0.378 e. The lowest BCUT2D eigenvalue weighted by Gasteiger charge is -2.20. The summed E-state index contributed by atoms with van der Waals surface area (Å²) < 4.78 is 18.2. The first-order valence-electron chi connectivity index (χ1n) is 6.87. The predicted molar refractivity (Wildman–Crippen MR) is 84.8 cm³/mol. The number of halogens is 1. The van der Waals surface area contributed by atoms with Gasteiger partial charge in [0.1, 0.15) is 10.8 Å². The summed E-state index contributed by atoms with van der Waals surface area (Å²) in [4.78, 5) is 5.79. The van der Waals surface area contributed by atoms with E-state index in [4.69, 9.17) is 4.74 Å². The van der Waals surface area contributed by atoms with Gasteiger partial charge in [-0.1, -0.05) is 0 Å². The molecule has 0 radical (unpaired) electrons. The van der Waals surface area contributed by atoms with Crippen molar-refractivity contribution in [2.75, 3.05) is 7.11 Å². The molecule has 114 valence electrons.